The van der Waals surface area contributed by atoms with Crippen molar-refractivity contribution < 1.29 is 32.6 Å². The molecule has 0 amide bonds. The van der Waals surface area contributed by atoms with Gasteiger partial charge in [0, 0.05) is 0 Å². The second-order valence-electron chi connectivity index (χ2n) is 9.39. The molecule has 3 heterocycles. The Kier molecular flexibility index (Phi) is 10.2. The van der Waals surface area contributed by atoms with Crippen molar-refractivity contribution in [1.82, 2.24) is 19.5 Å². The van der Waals surface area contributed by atoms with Crippen LogP contribution in [0.15, 0.2) is 67.0 Å². The molecule has 0 bridgehead atoms. The van der Waals surface area contributed by atoms with Gasteiger partial charge in [0.15, 0.2) is 10.8 Å². The molecule has 1 aliphatic heterocycles. The zero-order valence-electron chi connectivity index (χ0n) is 22.7. The summed E-state index contributed by atoms with van der Waals surface area (Å²) in [5.41, 5.74) is 2.34. The normalized spacial score (nSPS) is 17.9. The maximum atomic E-state index is 14.3. The van der Waals surface area contributed by atoms with Crippen molar-refractivity contribution >= 4 is 47.9 Å². The van der Waals surface area contributed by atoms with E-state index in [1.54, 1.807) is 17.8 Å². The molecule has 0 saturated carbocycles. The minimum atomic E-state index is -4.22. The molecular weight excluding hydrogens is 606 g/mol. The van der Waals surface area contributed by atoms with Crippen LogP contribution in [0.25, 0.3) is 11.2 Å². The summed E-state index contributed by atoms with van der Waals surface area (Å²) >= 11 is 12.2. The van der Waals surface area contributed by atoms with Crippen LogP contribution >= 0.6 is 30.8 Å². The van der Waals surface area contributed by atoms with Gasteiger partial charge in [-0.2, -0.15) is 4.98 Å². The summed E-state index contributed by atoms with van der Waals surface area (Å²) in [6.45, 7) is 1.51. The van der Waals surface area contributed by atoms with Crippen LogP contribution in [0.1, 0.15) is 37.1 Å². The van der Waals surface area contributed by atoms with Crippen LogP contribution < -0.4 is 0 Å². The zero-order chi connectivity index (χ0) is 29.5. The Morgan fingerprint density at radius 2 is 1.67 bits per heavy atom. The van der Waals surface area contributed by atoms with Gasteiger partial charge in [-0.3, -0.25) is 9.13 Å². The number of benzene rings is 2. The van der Waals surface area contributed by atoms with Gasteiger partial charge in [-0.05, 0) is 42.5 Å². The highest BCUT2D eigenvalue weighted by Gasteiger charge is 2.45. The molecule has 2 aromatic heterocycles. The van der Waals surface area contributed by atoms with Crippen molar-refractivity contribution in [3.05, 3.63) is 88.6 Å². The highest BCUT2D eigenvalue weighted by atomic mass is 35.5. The average Bonchev–Trinajstić information content (AvgIpc) is 3.64. The monoisotopic (exact) mass is 634 g/mol. The number of carbonyl (C=O) groups is 1. The minimum absolute atomic E-state index is 0.00818. The molecule has 0 spiro atoms. The summed E-state index contributed by atoms with van der Waals surface area (Å²) < 4.78 is 45.1. The van der Waals surface area contributed by atoms with E-state index < -0.39 is 31.7 Å². The fraction of sp³-hybridized carbons (Fsp3) is 0.357. The fourth-order valence-corrected chi connectivity index (χ4v) is 6.46. The van der Waals surface area contributed by atoms with Crippen molar-refractivity contribution in [3.8, 4) is 0 Å². The van der Waals surface area contributed by atoms with E-state index in [0.717, 1.165) is 11.1 Å². The Morgan fingerprint density at radius 1 is 1.02 bits per heavy atom. The molecule has 2 aromatic carbocycles. The first-order valence-electron chi connectivity index (χ1n) is 13.3. The maximum absolute atomic E-state index is 14.3. The van der Waals surface area contributed by atoms with Gasteiger partial charge >= 0.3 is 13.6 Å². The summed E-state index contributed by atoms with van der Waals surface area (Å²) in [7, 11) is -4.22. The largest absolute Gasteiger partial charge is 0.464 e. The summed E-state index contributed by atoms with van der Waals surface area (Å²) in [5, 5.41) is 0.131. The van der Waals surface area contributed by atoms with Crippen LogP contribution in [0.5, 0.6) is 0 Å². The van der Waals surface area contributed by atoms with Gasteiger partial charge in [-0.15, -0.1) is 0 Å². The number of aromatic nitrogens is 4. The first-order chi connectivity index (χ1) is 20.4. The van der Waals surface area contributed by atoms with E-state index >= 15 is 0 Å². The first-order valence-corrected chi connectivity index (χ1v) is 15.7. The van der Waals surface area contributed by atoms with E-state index in [2.05, 4.69) is 15.0 Å². The Balaban J connectivity index is 1.32. The van der Waals surface area contributed by atoms with Crippen LogP contribution in [0.2, 0.25) is 10.4 Å². The number of esters is 1. The molecule has 0 aliphatic carbocycles. The smallest absolute Gasteiger partial charge is 0.371 e. The molecule has 42 heavy (non-hydrogen) atoms. The third-order valence-corrected chi connectivity index (χ3v) is 8.82. The van der Waals surface area contributed by atoms with Gasteiger partial charge in [-0.1, -0.05) is 72.3 Å². The SMILES string of the molecule is CCOC(=O)C(OC[C@@H]1CC[C@H](n2cnc3c(Cl)nc(Cl)nc32)O1)P(=O)(OCc1ccccc1)OCc1ccccc1. The molecule has 222 valence electrons. The van der Waals surface area contributed by atoms with E-state index in [-0.39, 0.29) is 36.9 Å². The lowest BCUT2D eigenvalue weighted by atomic mass is 10.2. The van der Waals surface area contributed by atoms with Gasteiger partial charge in [0.2, 0.25) is 5.28 Å². The Morgan fingerprint density at radius 3 is 2.29 bits per heavy atom. The van der Waals surface area contributed by atoms with Crippen LogP contribution in [-0.4, -0.2) is 50.7 Å². The average molecular weight is 635 g/mol. The number of hydrogen-bond donors (Lipinski definition) is 0. The molecular formula is C28H29Cl2N4O7P. The third-order valence-electron chi connectivity index (χ3n) is 6.47. The van der Waals surface area contributed by atoms with Crippen molar-refractivity contribution in [3.63, 3.8) is 0 Å². The van der Waals surface area contributed by atoms with E-state index in [1.807, 2.05) is 60.7 Å². The van der Waals surface area contributed by atoms with Gasteiger partial charge in [0.1, 0.15) is 11.7 Å². The standard InChI is InChI=1S/C28H29Cl2N4O7P/c1-2-37-26(35)27(42(36,39-15-19-9-5-3-6-10-19)40-16-20-11-7-4-8-12-20)38-17-21-13-14-22(41-21)34-18-31-23-24(29)32-28(30)33-25(23)34/h3-12,18,21-22,27H,2,13-17H2,1H3/t21-,22+,27?/m0/s1. The number of halogens is 2. The molecule has 1 aliphatic rings. The summed E-state index contributed by atoms with van der Waals surface area (Å²) in [5.74, 6) is -2.48. The van der Waals surface area contributed by atoms with E-state index in [9.17, 15) is 9.36 Å². The Bertz CT molecular complexity index is 1500. The number of carbonyl (C=O) groups excluding carboxylic acids is 1. The number of fused-ring (bicyclic) bond motifs is 1. The Labute approximate surface area is 252 Å². The topological polar surface area (TPSA) is 124 Å². The van der Waals surface area contributed by atoms with E-state index in [0.29, 0.717) is 24.0 Å². The highest BCUT2D eigenvalue weighted by Crippen LogP contribution is 2.55. The fourth-order valence-electron chi connectivity index (χ4n) is 4.43. The molecule has 1 unspecified atom stereocenters. The predicted octanol–water partition coefficient (Wildman–Crippen LogP) is 6.34. The molecule has 1 saturated heterocycles. The van der Waals surface area contributed by atoms with Gasteiger partial charge in [-0.25, -0.2) is 14.8 Å². The van der Waals surface area contributed by atoms with Crippen molar-refractivity contribution in [2.45, 2.75) is 51.2 Å². The van der Waals surface area contributed by atoms with E-state index in [4.69, 9.17) is 46.5 Å². The van der Waals surface area contributed by atoms with Gasteiger partial charge < -0.3 is 23.3 Å². The van der Waals surface area contributed by atoms with Crippen LogP contribution in [0.3, 0.4) is 0 Å². The van der Waals surface area contributed by atoms with Crippen LogP contribution in [0.4, 0.5) is 0 Å². The molecule has 5 rings (SSSR count). The highest BCUT2D eigenvalue weighted by molar-refractivity contribution is 7.55. The zero-order valence-corrected chi connectivity index (χ0v) is 25.1. The molecule has 14 heteroatoms. The van der Waals surface area contributed by atoms with Crippen molar-refractivity contribution in [2.75, 3.05) is 13.2 Å². The lowest BCUT2D eigenvalue weighted by molar-refractivity contribution is -0.154. The number of hydrogen-bond acceptors (Lipinski definition) is 10. The molecule has 4 aromatic rings. The molecule has 0 radical (unpaired) electrons. The summed E-state index contributed by atoms with van der Waals surface area (Å²) in [6, 6.07) is 18.3. The lowest BCUT2D eigenvalue weighted by Gasteiger charge is -2.26. The van der Waals surface area contributed by atoms with Crippen molar-refractivity contribution in [2.24, 2.45) is 0 Å². The minimum Gasteiger partial charge on any atom is -0.464 e. The van der Waals surface area contributed by atoms with E-state index in [1.165, 1.54) is 0 Å². The third kappa shape index (κ3) is 7.36. The second-order valence-corrected chi connectivity index (χ2v) is 12.2. The quantitative estimate of drug-likeness (QED) is 0.0711. The molecule has 1 fully saturated rings. The molecule has 11 nitrogen and oxygen atoms in total. The number of nitrogens with zero attached hydrogens (tertiary/aromatic N) is 4. The number of ether oxygens (including phenoxy) is 3. The van der Waals surface area contributed by atoms with Crippen molar-refractivity contribution in [1.29, 1.82) is 0 Å². The molecule has 3 atom stereocenters. The summed E-state index contributed by atoms with van der Waals surface area (Å²) in [4.78, 5) is 25.5. The lowest BCUT2D eigenvalue weighted by Crippen LogP contribution is -2.31. The Hall–Kier alpha value is -2.89. The number of rotatable bonds is 13. The van der Waals surface area contributed by atoms with Gasteiger partial charge in [0.25, 0.3) is 5.85 Å². The molecule has 0 N–H and O–H groups in total. The second kappa shape index (κ2) is 14.1. The number of imidazole rings is 1. The van der Waals surface area contributed by atoms with Gasteiger partial charge in [0.05, 0.1) is 38.9 Å². The predicted molar refractivity (Wildman–Crippen MR) is 155 cm³/mol. The maximum Gasteiger partial charge on any atom is 0.371 e. The van der Waals surface area contributed by atoms with Crippen LogP contribution in [-0.2, 0) is 45.8 Å². The van der Waals surface area contributed by atoms with Crippen LogP contribution in [0, 0.1) is 0 Å². The first kappa shape index (κ1) is 30.6. The summed E-state index contributed by atoms with van der Waals surface area (Å²) in [6.07, 6.45) is 1.83.